The maximum atomic E-state index is 13.3. The molecule has 0 unspecified atom stereocenters. The second-order valence-corrected chi connectivity index (χ2v) is 8.32. The van der Waals surface area contributed by atoms with Crippen molar-refractivity contribution in [2.45, 2.75) is 25.7 Å². The van der Waals surface area contributed by atoms with Crippen LogP contribution >= 0.6 is 0 Å². The van der Waals surface area contributed by atoms with E-state index in [-0.39, 0.29) is 11.9 Å². The van der Waals surface area contributed by atoms with Gasteiger partial charge in [-0.1, -0.05) is 42.5 Å². The van der Waals surface area contributed by atoms with Crippen molar-refractivity contribution in [3.05, 3.63) is 95.7 Å². The molecule has 1 aliphatic rings. The molecule has 1 fully saturated rings. The minimum Gasteiger partial charge on any atom is -0.322 e. The molecule has 0 aliphatic heterocycles. The number of nitrogens with zero attached hydrogens (tertiary/aromatic N) is 1. The smallest absolute Gasteiger partial charge is 0.322 e. The van der Waals surface area contributed by atoms with Crippen molar-refractivity contribution in [2.24, 2.45) is 0 Å². The molecular formula is C27H24N4O2. The summed E-state index contributed by atoms with van der Waals surface area (Å²) in [5, 5.41) is 9.47. The number of anilines is 3. The van der Waals surface area contributed by atoms with Gasteiger partial charge < -0.3 is 16.0 Å². The van der Waals surface area contributed by atoms with Crippen molar-refractivity contribution in [1.29, 1.82) is 0 Å². The standard InChI is InChI=1S/C27H24N4O2/c1-17-11-14-20(29-27(33)28-19-7-3-2-4-8-19)15-24(17)31-26(32)22-16-25(18-12-13-18)30-23-10-6-5-9-21(22)23/h2-11,14-16,18H,12-13H2,1H3,(H,31,32)(H2,28,29,33). The summed E-state index contributed by atoms with van der Waals surface area (Å²) in [5.41, 5.74) is 5.25. The number of carbonyl (C=O) groups is 2. The molecule has 6 nitrogen and oxygen atoms in total. The fraction of sp³-hybridized carbons (Fsp3) is 0.148. The Morgan fingerprint density at radius 3 is 2.33 bits per heavy atom. The summed E-state index contributed by atoms with van der Waals surface area (Å²) in [6.45, 7) is 1.92. The number of fused-ring (bicyclic) bond motifs is 1. The second-order valence-electron chi connectivity index (χ2n) is 8.32. The Morgan fingerprint density at radius 1 is 0.818 bits per heavy atom. The van der Waals surface area contributed by atoms with Gasteiger partial charge in [0.25, 0.3) is 5.91 Å². The molecule has 164 valence electrons. The number of rotatable bonds is 5. The van der Waals surface area contributed by atoms with Crippen molar-refractivity contribution < 1.29 is 9.59 Å². The van der Waals surface area contributed by atoms with Crippen LogP contribution in [0.1, 0.15) is 40.4 Å². The Kier molecular flexibility index (Phi) is 5.48. The maximum absolute atomic E-state index is 13.3. The van der Waals surface area contributed by atoms with Gasteiger partial charge in [-0.2, -0.15) is 0 Å². The van der Waals surface area contributed by atoms with Crippen LogP contribution in [0.4, 0.5) is 21.9 Å². The Hall–Kier alpha value is -4.19. The molecule has 0 spiro atoms. The van der Waals surface area contributed by atoms with Crippen LogP contribution in [0.25, 0.3) is 10.9 Å². The van der Waals surface area contributed by atoms with Crippen LogP contribution < -0.4 is 16.0 Å². The zero-order valence-corrected chi connectivity index (χ0v) is 18.3. The van der Waals surface area contributed by atoms with Crippen molar-refractivity contribution in [2.75, 3.05) is 16.0 Å². The highest BCUT2D eigenvalue weighted by Crippen LogP contribution is 2.40. The topological polar surface area (TPSA) is 83.1 Å². The molecule has 0 bridgehead atoms. The van der Waals surface area contributed by atoms with Gasteiger partial charge in [-0.05, 0) is 61.7 Å². The van der Waals surface area contributed by atoms with Crippen molar-refractivity contribution in [3.63, 3.8) is 0 Å². The van der Waals surface area contributed by atoms with E-state index in [1.54, 1.807) is 6.07 Å². The van der Waals surface area contributed by atoms with E-state index in [0.717, 1.165) is 35.0 Å². The van der Waals surface area contributed by atoms with Crippen LogP contribution in [0, 0.1) is 6.92 Å². The molecule has 3 amide bonds. The minimum absolute atomic E-state index is 0.190. The van der Waals surface area contributed by atoms with Gasteiger partial charge in [-0.3, -0.25) is 9.78 Å². The number of aromatic nitrogens is 1. The molecule has 1 aromatic heterocycles. The lowest BCUT2D eigenvalue weighted by molar-refractivity contribution is 0.102. The van der Waals surface area contributed by atoms with Gasteiger partial charge >= 0.3 is 6.03 Å². The predicted molar refractivity (Wildman–Crippen MR) is 132 cm³/mol. The highest BCUT2D eigenvalue weighted by Gasteiger charge is 2.27. The van der Waals surface area contributed by atoms with Crippen LogP contribution in [0.5, 0.6) is 0 Å². The monoisotopic (exact) mass is 436 g/mol. The van der Waals surface area contributed by atoms with Gasteiger partial charge in [0.2, 0.25) is 0 Å². The normalized spacial score (nSPS) is 12.9. The van der Waals surface area contributed by atoms with E-state index in [0.29, 0.717) is 28.5 Å². The number of pyridine rings is 1. The largest absolute Gasteiger partial charge is 0.323 e. The Labute approximate surface area is 192 Å². The SMILES string of the molecule is Cc1ccc(NC(=O)Nc2ccccc2)cc1NC(=O)c1cc(C2CC2)nc2ccccc12. The highest BCUT2D eigenvalue weighted by atomic mass is 16.2. The first-order chi connectivity index (χ1) is 16.1. The third-order valence-corrected chi connectivity index (χ3v) is 5.75. The van der Waals surface area contributed by atoms with E-state index in [1.165, 1.54) is 0 Å². The molecular weight excluding hydrogens is 412 g/mol. The van der Waals surface area contributed by atoms with Crippen molar-refractivity contribution >= 4 is 39.9 Å². The van der Waals surface area contributed by atoms with Gasteiger partial charge in [0.1, 0.15) is 0 Å². The zero-order chi connectivity index (χ0) is 22.8. The number of nitrogens with one attached hydrogen (secondary N) is 3. The van der Waals surface area contributed by atoms with Gasteiger partial charge in [0.15, 0.2) is 0 Å². The molecule has 6 heteroatoms. The molecule has 33 heavy (non-hydrogen) atoms. The van der Waals surface area contributed by atoms with Crippen LogP contribution in [0.3, 0.4) is 0 Å². The average Bonchev–Trinajstić information content (AvgIpc) is 3.67. The molecule has 3 N–H and O–H groups in total. The maximum Gasteiger partial charge on any atom is 0.323 e. The van der Waals surface area contributed by atoms with Crippen molar-refractivity contribution in [1.82, 2.24) is 4.98 Å². The number of urea groups is 1. The number of benzene rings is 3. The molecule has 5 rings (SSSR count). The second kappa shape index (κ2) is 8.74. The molecule has 4 aromatic rings. The van der Waals surface area contributed by atoms with E-state index >= 15 is 0 Å². The lowest BCUT2D eigenvalue weighted by atomic mass is 10.0. The fourth-order valence-electron chi connectivity index (χ4n) is 3.81. The molecule has 1 heterocycles. The third-order valence-electron chi connectivity index (χ3n) is 5.75. The Bertz CT molecular complexity index is 1350. The number of hydrogen-bond acceptors (Lipinski definition) is 3. The molecule has 0 saturated heterocycles. The highest BCUT2D eigenvalue weighted by molar-refractivity contribution is 6.13. The van der Waals surface area contributed by atoms with Gasteiger partial charge in [0.05, 0.1) is 11.1 Å². The zero-order valence-electron chi connectivity index (χ0n) is 18.3. The quantitative estimate of drug-likeness (QED) is 0.342. The number of para-hydroxylation sites is 2. The van der Waals surface area contributed by atoms with E-state index < -0.39 is 0 Å². The molecule has 1 saturated carbocycles. The summed E-state index contributed by atoms with van der Waals surface area (Å²) in [6, 6.07) is 24.0. The van der Waals surface area contributed by atoms with Crippen molar-refractivity contribution in [3.8, 4) is 0 Å². The first-order valence-electron chi connectivity index (χ1n) is 11.0. The first-order valence-corrected chi connectivity index (χ1v) is 11.0. The van der Waals surface area contributed by atoms with Crippen LogP contribution in [-0.2, 0) is 0 Å². The van der Waals surface area contributed by atoms with E-state index in [1.807, 2.05) is 79.7 Å². The molecule has 0 radical (unpaired) electrons. The Morgan fingerprint density at radius 2 is 1.55 bits per heavy atom. The van der Waals surface area contributed by atoms with Crippen LogP contribution in [0.15, 0.2) is 78.9 Å². The number of amides is 3. The van der Waals surface area contributed by atoms with Gasteiger partial charge in [-0.25, -0.2) is 4.79 Å². The lowest BCUT2D eigenvalue weighted by Crippen LogP contribution is -2.20. The third kappa shape index (κ3) is 4.70. The summed E-state index contributed by atoms with van der Waals surface area (Å²) >= 11 is 0. The van der Waals surface area contributed by atoms with E-state index in [2.05, 4.69) is 16.0 Å². The number of carbonyl (C=O) groups excluding carboxylic acids is 2. The molecule has 0 atom stereocenters. The fourth-order valence-corrected chi connectivity index (χ4v) is 3.81. The predicted octanol–water partition coefficient (Wildman–Crippen LogP) is 6.32. The van der Waals surface area contributed by atoms with Crippen LogP contribution in [0.2, 0.25) is 0 Å². The average molecular weight is 437 g/mol. The summed E-state index contributed by atoms with van der Waals surface area (Å²) < 4.78 is 0. The molecule has 1 aliphatic carbocycles. The molecule has 3 aromatic carbocycles. The summed E-state index contributed by atoms with van der Waals surface area (Å²) in [6.07, 6.45) is 2.23. The van der Waals surface area contributed by atoms with E-state index in [9.17, 15) is 9.59 Å². The lowest BCUT2D eigenvalue weighted by Gasteiger charge is -2.14. The number of aryl methyl sites for hydroxylation is 1. The summed E-state index contributed by atoms with van der Waals surface area (Å²) in [5.74, 6) is 0.253. The van der Waals surface area contributed by atoms with Crippen LogP contribution in [-0.4, -0.2) is 16.9 Å². The van der Waals surface area contributed by atoms with E-state index in [4.69, 9.17) is 4.98 Å². The van der Waals surface area contributed by atoms with Gasteiger partial charge in [-0.15, -0.1) is 0 Å². The Balaban J connectivity index is 1.37. The minimum atomic E-state index is -0.350. The number of hydrogen-bond donors (Lipinski definition) is 3. The first kappa shape index (κ1) is 20.7. The summed E-state index contributed by atoms with van der Waals surface area (Å²) in [4.78, 5) is 30.4. The van der Waals surface area contributed by atoms with Gasteiger partial charge in [0, 0.05) is 34.1 Å². The summed E-state index contributed by atoms with van der Waals surface area (Å²) in [7, 11) is 0.